The lowest BCUT2D eigenvalue weighted by atomic mass is 10.0. The largest absolute Gasteiger partial charge is 0.488 e. The Morgan fingerprint density at radius 3 is 2.15 bits per heavy atom. The molecule has 0 saturated heterocycles. The van der Waals surface area contributed by atoms with Gasteiger partial charge >= 0.3 is 5.97 Å². The van der Waals surface area contributed by atoms with Gasteiger partial charge in [-0.25, -0.2) is 9.78 Å². The molecule has 4 heteroatoms. The number of aromatic nitrogens is 1. The van der Waals surface area contributed by atoms with Crippen LogP contribution in [0.3, 0.4) is 0 Å². The van der Waals surface area contributed by atoms with Crippen LogP contribution in [0.25, 0.3) is 10.9 Å². The highest BCUT2D eigenvalue weighted by Gasteiger charge is 2.13. The average Bonchev–Trinajstić information content (AvgIpc) is 2.84. The van der Waals surface area contributed by atoms with Crippen molar-refractivity contribution in [1.82, 2.24) is 4.98 Å². The molecular weight excluding hydrogens is 410 g/mol. The van der Waals surface area contributed by atoms with E-state index in [1.165, 1.54) is 75.8 Å². The van der Waals surface area contributed by atoms with E-state index < -0.39 is 5.97 Å². The Labute approximate surface area is 198 Å². The Morgan fingerprint density at radius 2 is 1.48 bits per heavy atom. The van der Waals surface area contributed by atoms with Crippen LogP contribution in [0.2, 0.25) is 0 Å². The predicted octanol–water partition coefficient (Wildman–Crippen LogP) is 7.98. The maximum Gasteiger partial charge on any atom is 0.354 e. The van der Waals surface area contributed by atoms with Crippen molar-refractivity contribution in [2.75, 3.05) is 0 Å². The number of hydrogen-bond acceptors (Lipinski definition) is 3. The molecular formula is C29H37NO3. The van der Waals surface area contributed by atoms with E-state index in [0.29, 0.717) is 17.9 Å². The standard InChI is InChI=1S/C29H37NO3/c1-2-3-4-5-6-7-8-9-10-12-15-23-18-19-26-25(20-23)28(21-27(30-26)29(31)32)33-22-24-16-13-11-14-17-24/h11,13-14,16-21H,2-10,12,15,22H2,1H3,(H,31,32). The lowest BCUT2D eigenvalue weighted by Crippen LogP contribution is -2.03. The van der Waals surface area contributed by atoms with E-state index >= 15 is 0 Å². The third-order valence-electron chi connectivity index (χ3n) is 6.11. The number of aromatic carboxylic acids is 1. The molecule has 0 aliphatic carbocycles. The van der Waals surface area contributed by atoms with Gasteiger partial charge in [-0.15, -0.1) is 0 Å². The van der Waals surface area contributed by atoms with E-state index in [1.54, 1.807) is 0 Å². The molecule has 3 aromatic rings. The second-order valence-electron chi connectivity index (χ2n) is 8.87. The van der Waals surface area contributed by atoms with E-state index in [0.717, 1.165) is 17.4 Å². The monoisotopic (exact) mass is 447 g/mol. The number of nitrogens with zero attached hydrogens (tertiary/aromatic N) is 1. The van der Waals surface area contributed by atoms with Gasteiger partial charge in [-0.05, 0) is 36.1 Å². The van der Waals surface area contributed by atoms with Crippen LogP contribution in [0.15, 0.2) is 54.6 Å². The first-order valence-corrected chi connectivity index (χ1v) is 12.5. The van der Waals surface area contributed by atoms with Crippen molar-refractivity contribution in [2.45, 2.75) is 84.2 Å². The molecule has 1 N–H and O–H groups in total. The number of carbonyl (C=O) groups is 1. The average molecular weight is 448 g/mol. The minimum atomic E-state index is -1.05. The highest BCUT2D eigenvalue weighted by atomic mass is 16.5. The number of carboxylic acids is 1. The van der Waals surface area contributed by atoms with Crippen molar-refractivity contribution in [3.63, 3.8) is 0 Å². The molecule has 0 atom stereocenters. The molecule has 0 aliphatic heterocycles. The number of aryl methyl sites for hydroxylation is 1. The number of rotatable bonds is 15. The topological polar surface area (TPSA) is 59.4 Å². The van der Waals surface area contributed by atoms with Crippen LogP contribution in [-0.4, -0.2) is 16.1 Å². The first-order chi connectivity index (χ1) is 16.2. The highest BCUT2D eigenvalue weighted by Crippen LogP contribution is 2.28. The summed E-state index contributed by atoms with van der Waals surface area (Å²) in [5.41, 5.74) is 2.95. The zero-order valence-corrected chi connectivity index (χ0v) is 19.9. The molecule has 0 unspecified atom stereocenters. The fourth-order valence-corrected chi connectivity index (χ4v) is 4.18. The predicted molar refractivity (Wildman–Crippen MR) is 135 cm³/mol. The lowest BCUT2D eigenvalue weighted by Gasteiger charge is -2.12. The van der Waals surface area contributed by atoms with Crippen LogP contribution in [-0.2, 0) is 13.0 Å². The van der Waals surface area contributed by atoms with Crippen LogP contribution in [0.5, 0.6) is 5.75 Å². The molecule has 176 valence electrons. The van der Waals surface area contributed by atoms with Gasteiger partial charge in [-0.2, -0.15) is 0 Å². The fourth-order valence-electron chi connectivity index (χ4n) is 4.18. The van der Waals surface area contributed by atoms with Crippen LogP contribution in [0.4, 0.5) is 0 Å². The fraction of sp³-hybridized carbons (Fsp3) is 0.448. The number of hydrogen-bond donors (Lipinski definition) is 1. The number of carboxylic acid groups (broad SMARTS) is 1. The van der Waals surface area contributed by atoms with Gasteiger partial charge in [-0.1, -0.05) is 101 Å². The Balaban J connectivity index is 1.56. The number of benzene rings is 2. The van der Waals surface area contributed by atoms with Crippen molar-refractivity contribution in [3.05, 3.63) is 71.4 Å². The molecule has 0 saturated carbocycles. The van der Waals surface area contributed by atoms with Crippen LogP contribution in [0, 0.1) is 0 Å². The number of unbranched alkanes of at least 4 members (excludes halogenated alkanes) is 9. The molecule has 1 heterocycles. The first-order valence-electron chi connectivity index (χ1n) is 12.5. The summed E-state index contributed by atoms with van der Waals surface area (Å²) in [6, 6.07) is 17.5. The normalized spacial score (nSPS) is 11.1. The van der Waals surface area contributed by atoms with Crippen molar-refractivity contribution >= 4 is 16.9 Å². The maximum atomic E-state index is 11.5. The molecule has 0 amide bonds. The Kier molecular flexibility index (Phi) is 10.2. The summed E-state index contributed by atoms with van der Waals surface area (Å²) in [5, 5.41) is 10.3. The molecule has 3 rings (SSSR count). The number of fused-ring (bicyclic) bond motifs is 1. The van der Waals surface area contributed by atoms with Crippen LogP contribution >= 0.6 is 0 Å². The Hall–Kier alpha value is -2.88. The minimum Gasteiger partial charge on any atom is -0.488 e. The molecule has 1 aromatic heterocycles. The van der Waals surface area contributed by atoms with E-state index in [9.17, 15) is 9.90 Å². The summed E-state index contributed by atoms with van der Waals surface area (Å²) in [4.78, 5) is 15.8. The summed E-state index contributed by atoms with van der Waals surface area (Å²) in [5.74, 6) is -0.470. The van der Waals surface area contributed by atoms with E-state index in [-0.39, 0.29) is 5.69 Å². The van der Waals surface area contributed by atoms with Crippen LogP contribution in [0.1, 0.15) is 92.7 Å². The van der Waals surface area contributed by atoms with Gasteiger partial charge in [0, 0.05) is 11.5 Å². The quantitative estimate of drug-likeness (QED) is 0.240. The first kappa shape index (κ1) is 24.8. The van der Waals surface area contributed by atoms with Crippen molar-refractivity contribution in [2.24, 2.45) is 0 Å². The molecule has 0 bridgehead atoms. The summed E-state index contributed by atoms with van der Waals surface area (Å²) >= 11 is 0. The van der Waals surface area contributed by atoms with Gasteiger partial charge in [0.25, 0.3) is 0 Å². The van der Waals surface area contributed by atoms with Crippen molar-refractivity contribution in [3.8, 4) is 5.75 Å². The zero-order valence-electron chi connectivity index (χ0n) is 19.9. The summed E-state index contributed by atoms with van der Waals surface area (Å²) in [6.45, 7) is 2.65. The smallest absolute Gasteiger partial charge is 0.354 e. The van der Waals surface area contributed by atoms with Gasteiger partial charge in [0.15, 0.2) is 5.69 Å². The Bertz CT molecular complexity index is 1000. The SMILES string of the molecule is CCCCCCCCCCCCc1ccc2nc(C(=O)O)cc(OCc3ccccc3)c2c1. The lowest BCUT2D eigenvalue weighted by molar-refractivity contribution is 0.0690. The molecule has 0 fully saturated rings. The van der Waals surface area contributed by atoms with E-state index in [4.69, 9.17) is 4.74 Å². The van der Waals surface area contributed by atoms with Gasteiger partial charge < -0.3 is 9.84 Å². The second-order valence-corrected chi connectivity index (χ2v) is 8.87. The summed E-state index contributed by atoms with van der Waals surface area (Å²) in [7, 11) is 0. The molecule has 2 aromatic carbocycles. The molecule has 0 aliphatic rings. The summed E-state index contributed by atoms with van der Waals surface area (Å²) in [6.07, 6.45) is 14.3. The van der Waals surface area contributed by atoms with Crippen molar-refractivity contribution in [1.29, 1.82) is 0 Å². The van der Waals surface area contributed by atoms with Gasteiger partial charge in [0.05, 0.1) is 5.52 Å². The summed E-state index contributed by atoms with van der Waals surface area (Å²) < 4.78 is 6.05. The third kappa shape index (κ3) is 8.20. The molecule has 0 radical (unpaired) electrons. The van der Waals surface area contributed by atoms with Crippen LogP contribution < -0.4 is 4.74 Å². The van der Waals surface area contributed by atoms with E-state index in [2.05, 4.69) is 24.0 Å². The minimum absolute atomic E-state index is 0.00741. The third-order valence-corrected chi connectivity index (χ3v) is 6.11. The molecule has 33 heavy (non-hydrogen) atoms. The van der Waals surface area contributed by atoms with Gasteiger partial charge in [0.2, 0.25) is 0 Å². The number of ether oxygens (including phenoxy) is 1. The molecule has 0 spiro atoms. The maximum absolute atomic E-state index is 11.5. The Morgan fingerprint density at radius 1 is 0.818 bits per heavy atom. The van der Waals surface area contributed by atoms with Gasteiger partial charge in [-0.3, -0.25) is 0 Å². The highest BCUT2D eigenvalue weighted by molar-refractivity contribution is 5.93. The zero-order chi connectivity index (χ0) is 23.3. The van der Waals surface area contributed by atoms with E-state index in [1.807, 2.05) is 36.4 Å². The second kappa shape index (κ2) is 13.6. The van der Waals surface area contributed by atoms with Gasteiger partial charge in [0.1, 0.15) is 12.4 Å². The van der Waals surface area contributed by atoms with Crippen molar-refractivity contribution < 1.29 is 14.6 Å². The molecule has 4 nitrogen and oxygen atoms in total. The number of pyridine rings is 1.